The summed E-state index contributed by atoms with van der Waals surface area (Å²) in [5.41, 5.74) is 3.74. The Morgan fingerprint density at radius 3 is 2.35 bits per heavy atom. The van der Waals surface area contributed by atoms with E-state index in [1.165, 1.54) is 18.3 Å². The van der Waals surface area contributed by atoms with Gasteiger partial charge in [-0.2, -0.15) is 0 Å². The molecule has 0 aromatic heterocycles. The molecule has 0 saturated heterocycles. The Hall–Kier alpha value is -2.89. The molecule has 0 bridgehead atoms. The third-order valence-corrected chi connectivity index (χ3v) is 7.37. The third kappa shape index (κ3) is 4.58. The number of hydrogen-bond acceptors (Lipinski definition) is 3. The van der Waals surface area contributed by atoms with E-state index in [0.29, 0.717) is 11.4 Å². The molecule has 0 unspecified atom stereocenters. The molecular weight excluding hydrogens is 430 g/mol. The average Bonchev–Trinajstić information content (AvgIpc) is 2.75. The number of nitrogens with zero attached hydrogens (tertiary/aromatic N) is 1. The highest BCUT2D eigenvalue weighted by Crippen LogP contribution is 2.37. The van der Waals surface area contributed by atoms with E-state index < -0.39 is 15.9 Å². The van der Waals surface area contributed by atoms with Crippen LogP contribution in [0, 0.1) is 6.92 Å². The predicted molar refractivity (Wildman–Crippen MR) is 122 cm³/mol. The third-order valence-electron chi connectivity index (χ3n) is 5.44. The molecule has 0 spiro atoms. The number of sulfonamides is 1. The molecular formula is C25H22ClNO3S. The van der Waals surface area contributed by atoms with Crippen LogP contribution in [0.5, 0.6) is 0 Å². The van der Waals surface area contributed by atoms with Crippen LogP contribution in [0.3, 0.4) is 0 Å². The van der Waals surface area contributed by atoms with Crippen LogP contribution in [-0.4, -0.2) is 18.6 Å². The molecule has 0 saturated carbocycles. The van der Waals surface area contributed by atoms with Crippen molar-refractivity contribution in [3.63, 3.8) is 0 Å². The van der Waals surface area contributed by atoms with E-state index >= 15 is 0 Å². The second-order valence-electron chi connectivity index (χ2n) is 7.69. The van der Waals surface area contributed by atoms with E-state index in [0.717, 1.165) is 26.6 Å². The van der Waals surface area contributed by atoms with E-state index in [-0.39, 0.29) is 17.2 Å². The Morgan fingerprint density at radius 2 is 1.68 bits per heavy atom. The van der Waals surface area contributed by atoms with Gasteiger partial charge in [0.2, 0.25) is 5.91 Å². The van der Waals surface area contributed by atoms with Gasteiger partial charge < -0.3 is 0 Å². The first kappa shape index (κ1) is 21.3. The molecule has 3 aromatic rings. The van der Waals surface area contributed by atoms with Gasteiger partial charge in [-0.05, 0) is 54.3 Å². The van der Waals surface area contributed by atoms with Crippen molar-refractivity contribution in [3.8, 4) is 0 Å². The van der Waals surface area contributed by atoms with Gasteiger partial charge in [-0.1, -0.05) is 71.8 Å². The van der Waals surface area contributed by atoms with E-state index in [4.69, 9.17) is 11.6 Å². The zero-order valence-electron chi connectivity index (χ0n) is 17.0. The van der Waals surface area contributed by atoms with E-state index in [1.807, 2.05) is 55.5 Å². The number of carbonyl (C=O) groups excluding carboxylic acids is 1. The molecule has 0 N–H and O–H groups in total. The van der Waals surface area contributed by atoms with Gasteiger partial charge in [-0.25, -0.2) is 12.7 Å². The van der Waals surface area contributed by atoms with Crippen molar-refractivity contribution in [1.82, 2.24) is 4.31 Å². The van der Waals surface area contributed by atoms with Crippen LogP contribution in [0.2, 0.25) is 5.02 Å². The summed E-state index contributed by atoms with van der Waals surface area (Å²) in [5.74, 6) is -0.696. The zero-order chi connectivity index (χ0) is 22.0. The Balaban J connectivity index is 1.78. The summed E-state index contributed by atoms with van der Waals surface area (Å²) in [6, 6.07) is 23.7. The first-order valence-electron chi connectivity index (χ1n) is 9.98. The Kier molecular flexibility index (Phi) is 5.99. The fourth-order valence-electron chi connectivity index (χ4n) is 3.79. The number of carbonyl (C=O) groups is 1. The highest BCUT2D eigenvalue weighted by Gasteiger charge is 2.35. The van der Waals surface area contributed by atoms with E-state index in [1.54, 1.807) is 18.2 Å². The lowest BCUT2D eigenvalue weighted by atomic mass is 9.83. The molecule has 31 heavy (non-hydrogen) atoms. The lowest BCUT2D eigenvalue weighted by Gasteiger charge is -2.31. The summed E-state index contributed by atoms with van der Waals surface area (Å²) in [6.45, 7) is 1.88. The maximum Gasteiger partial charge on any atom is 0.270 e. The van der Waals surface area contributed by atoms with Gasteiger partial charge in [0, 0.05) is 23.6 Å². The van der Waals surface area contributed by atoms with Crippen LogP contribution in [0.15, 0.2) is 95.5 Å². The van der Waals surface area contributed by atoms with Crippen molar-refractivity contribution in [3.05, 3.63) is 112 Å². The molecule has 1 atom stereocenters. The van der Waals surface area contributed by atoms with Gasteiger partial charge in [0.25, 0.3) is 10.0 Å². The number of halogens is 1. The maximum atomic E-state index is 13.2. The van der Waals surface area contributed by atoms with E-state index in [2.05, 4.69) is 0 Å². The van der Waals surface area contributed by atoms with Gasteiger partial charge in [-0.15, -0.1) is 0 Å². The fraction of sp³-hybridized carbons (Fsp3) is 0.160. The normalized spacial score (nSPS) is 16.8. The van der Waals surface area contributed by atoms with Crippen LogP contribution < -0.4 is 0 Å². The Morgan fingerprint density at radius 1 is 0.968 bits per heavy atom. The Bertz CT molecular complexity index is 1240. The van der Waals surface area contributed by atoms with Crippen LogP contribution >= 0.6 is 11.6 Å². The van der Waals surface area contributed by atoms with Gasteiger partial charge in [0.15, 0.2) is 0 Å². The van der Waals surface area contributed by atoms with Gasteiger partial charge >= 0.3 is 0 Å². The van der Waals surface area contributed by atoms with Crippen molar-refractivity contribution < 1.29 is 13.2 Å². The highest BCUT2D eigenvalue weighted by molar-refractivity contribution is 7.89. The summed E-state index contributed by atoms with van der Waals surface area (Å²) in [4.78, 5) is 13.1. The van der Waals surface area contributed by atoms with Crippen LogP contribution in [0.25, 0.3) is 0 Å². The molecule has 0 fully saturated rings. The topological polar surface area (TPSA) is 54.5 Å². The molecule has 1 aliphatic rings. The van der Waals surface area contributed by atoms with Gasteiger partial charge in [0.05, 0.1) is 4.90 Å². The van der Waals surface area contributed by atoms with Crippen molar-refractivity contribution in [2.24, 2.45) is 0 Å². The van der Waals surface area contributed by atoms with Crippen molar-refractivity contribution >= 4 is 27.5 Å². The minimum absolute atomic E-state index is 0.0596. The minimum atomic E-state index is -3.99. The second kappa shape index (κ2) is 8.69. The first-order chi connectivity index (χ1) is 14.8. The zero-order valence-corrected chi connectivity index (χ0v) is 18.6. The summed E-state index contributed by atoms with van der Waals surface area (Å²) < 4.78 is 27.4. The summed E-state index contributed by atoms with van der Waals surface area (Å²) in [6.07, 6.45) is 2.09. The number of allylic oxidation sites excluding steroid dienone is 1. The lowest BCUT2D eigenvalue weighted by Crippen LogP contribution is -2.37. The quantitative estimate of drug-likeness (QED) is 0.516. The van der Waals surface area contributed by atoms with Gasteiger partial charge in [-0.3, -0.25) is 4.79 Å². The summed E-state index contributed by atoms with van der Waals surface area (Å²) in [7, 11) is -3.99. The molecule has 0 aliphatic carbocycles. The number of rotatable bonds is 5. The molecule has 6 heteroatoms. The summed E-state index contributed by atoms with van der Waals surface area (Å²) >= 11 is 6.19. The largest absolute Gasteiger partial charge is 0.273 e. The molecule has 4 rings (SSSR count). The summed E-state index contributed by atoms with van der Waals surface area (Å²) in [5, 5.41) is 0.582. The molecule has 3 aromatic carbocycles. The highest BCUT2D eigenvalue weighted by atomic mass is 35.5. The number of aryl methyl sites for hydroxylation is 1. The SMILES string of the molecule is Cc1ccc(S(=O)(=O)N2C=C(Cc3ccccc3)[C@@H](c3cccc(Cl)c3)CC2=O)cc1. The maximum absolute atomic E-state index is 13.2. The van der Waals surface area contributed by atoms with Gasteiger partial charge in [0.1, 0.15) is 0 Å². The van der Waals surface area contributed by atoms with Crippen molar-refractivity contribution in [2.45, 2.75) is 30.6 Å². The van der Waals surface area contributed by atoms with Crippen LogP contribution in [0.1, 0.15) is 29.0 Å². The Labute approximate surface area is 187 Å². The van der Waals surface area contributed by atoms with Crippen LogP contribution in [0.4, 0.5) is 0 Å². The molecule has 158 valence electrons. The van der Waals surface area contributed by atoms with Crippen molar-refractivity contribution in [1.29, 1.82) is 0 Å². The predicted octanol–water partition coefficient (Wildman–Crippen LogP) is 5.48. The second-order valence-corrected chi connectivity index (χ2v) is 9.94. The molecule has 1 heterocycles. The molecule has 4 nitrogen and oxygen atoms in total. The lowest BCUT2D eigenvalue weighted by molar-refractivity contribution is -0.125. The molecule has 1 amide bonds. The van der Waals surface area contributed by atoms with E-state index in [9.17, 15) is 13.2 Å². The number of amides is 1. The fourth-order valence-corrected chi connectivity index (χ4v) is 5.31. The molecule has 0 radical (unpaired) electrons. The number of benzene rings is 3. The minimum Gasteiger partial charge on any atom is -0.273 e. The average molecular weight is 452 g/mol. The first-order valence-corrected chi connectivity index (χ1v) is 11.8. The smallest absolute Gasteiger partial charge is 0.270 e. The molecule has 1 aliphatic heterocycles. The van der Waals surface area contributed by atoms with Crippen molar-refractivity contribution in [2.75, 3.05) is 0 Å². The van der Waals surface area contributed by atoms with Crippen LogP contribution in [-0.2, 0) is 21.2 Å². The standard InChI is InChI=1S/C25H22ClNO3S/c1-18-10-12-23(13-11-18)31(29,30)27-17-21(14-19-6-3-2-4-7-19)24(16-25(27)28)20-8-5-9-22(26)15-20/h2-13,15,17,24H,14,16H2,1H3/t24-/m1/s1. The monoisotopic (exact) mass is 451 g/mol. The number of hydrogen-bond donors (Lipinski definition) is 0.